The topological polar surface area (TPSA) is 40.5 Å². The van der Waals surface area contributed by atoms with Crippen LogP contribution in [0.5, 0.6) is 0 Å². The highest BCUT2D eigenvalue weighted by Crippen LogP contribution is 2.72. The molecule has 2 heteroatoms. The van der Waals surface area contributed by atoms with Crippen LogP contribution >= 0.6 is 0 Å². The number of fused-ring (bicyclic) bond motifs is 11. The van der Waals surface area contributed by atoms with Crippen LogP contribution < -0.4 is 0 Å². The molecule has 0 amide bonds. The molecule has 0 heterocycles. The summed E-state index contributed by atoms with van der Waals surface area (Å²) in [7, 11) is 0. The molecule has 5 fully saturated rings. The van der Waals surface area contributed by atoms with E-state index in [1.165, 1.54) is 32.1 Å². The summed E-state index contributed by atoms with van der Waals surface area (Å²) in [6.07, 6.45) is 6.97. The fraction of sp³-hybridized carbons (Fsp3) is 1.00. The molecule has 0 saturated heterocycles. The quantitative estimate of drug-likeness (QED) is 0.800. The smallest absolute Gasteiger partial charge is 0.0462 e. The third-order valence-corrected chi connectivity index (χ3v) is 8.21. The van der Waals surface area contributed by atoms with E-state index < -0.39 is 0 Å². The van der Waals surface area contributed by atoms with Gasteiger partial charge in [0.05, 0.1) is 0 Å². The number of rotatable bonds is 2. The highest BCUT2D eigenvalue weighted by molar-refractivity contribution is 5.14. The molecule has 0 aromatic carbocycles. The van der Waals surface area contributed by atoms with Gasteiger partial charge in [0.1, 0.15) is 0 Å². The number of aliphatic hydroxyl groups is 2. The molecule has 4 bridgehead atoms. The van der Waals surface area contributed by atoms with Gasteiger partial charge in [-0.05, 0) is 91.3 Å². The lowest BCUT2D eigenvalue weighted by Crippen LogP contribution is -2.34. The lowest BCUT2D eigenvalue weighted by Gasteiger charge is -2.37. The summed E-state index contributed by atoms with van der Waals surface area (Å²) in [6, 6.07) is 0. The van der Waals surface area contributed by atoms with Gasteiger partial charge in [0, 0.05) is 13.2 Å². The van der Waals surface area contributed by atoms with E-state index in [0.717, 1.165) is 47.3 Å². The maximum absolute atomic E-state index is 9.63. The molecule has 5 saturated carbocycles. The van der Waals surface area contributed by atoms with Crippen LogP contribution in [0.3, 0.4) is 0 Å². The van der Waals surface area contributed by atoms with Crippen molar-refractivity contribution in [2.75, 3.05) is 13.2 Å². The van der Waals surface area contributed by atoms with E-state index >= 15 is 0 Å². The first kappa shape index (κ1) is 11.6. The summed E-state index contributed by atoms with van der Waals surface area (Å²) < 4.78 is 0. The van der Waals surface area contributed by atoms with Gasteiger partial charge < -0.3 is 10.2 Å². The number of hydrogen-bond donors (Lipinski definition) is 2. The minimum absolute atomic E-state index is 0.436. The number of aliphatic hydroxyl groups excluding tert-OH is 2. The molecule has 0 spiro atoms. The van der Waals surface area contributed by atoms with Crippen molar-refractivity contribution in [3.8, 4) is 0 Å². The Bertz CT molecular complexity index is 393. The minimum Gasteiger partial charge on any atom is -0.396 e. The summed E-state index contributed by atoms with van der Waals surface area (Å²) >= 11 is 0. The van der Waals surface area contributed by atoms with E-state index in [-0.39, 0.29) is 0 Å². The highest BCUT2D eigenvalue weighted by Gasteiger charge is 2.66. The first-order valence-corrected chi connectivity index (χ1v) is 8.53. The molecule has 0 aliphatic heterocycles. The predicted molar refractivity (Wildman–Crippen MR) is 72.2 cm³/mol. The number of hydrogen-bond acceptors (Lipinski definition) is 2. The van der Waals surface area contributed by atoms with Crippen molar-refractivity contribution in [3.63, 3.8) is 0 Å². The summed E-state index contributed by atoms with van der Waals surface area (Å²) in [5, 5.41) is 19.2. The molecule has 2 nitrogen and oxygen atoms in total. The van der Waals surface area contributed by atoms with Gasteiger partial charge in [0.2, 0.25) is 0 Å². The zero-order chi connectivity index (χ0) is 12.7. The first-order chi connectivity index (χ1) is 9.31. The van der Waals surface area contributed by atoms with Crippen LogP contribution in [0.2, 0.25) is 0 Å². The summed E-state index contributed by atoms with van der Waals surface area (Å²) in [5.41, 5.74) is 0. The van der Waals surface area contributed by atoms with Crippen molar-refractivity contribution in [3.05, 3.63) is 0 Å². The molecule has 5 aliphatic carbocycles. The second-order valence-corrected chi connectivity index (χ2v) is 8.39. The standard InChI is InChI=1S/C17H26O2/c18-6-10-2-9-4-12(10)15-5-14-8-1-11(7-19)13(3-8)17(14)16(9)15/h8-19H,1-7H2. The van der Waals surface area contributed by atoms with E-state index in [2.05, 4.69) is 0 Å². The average Bonchev–Trinajstić information content (AvgIpc) is 3.17. The second kappa shape index (κ2) is 3.76. The maximum Gasteiger partial charge on any atom is 0.0462 e. The molecule has 10 atom stereocenters. The molecule has 0 radical (unpaired) electrons. The predicted octanol–water partition coefficient (Wildman–Crippen LogP) is 2.15. The molecular weight excluding hydrogens is 236 g/mol. The molecule has 0 aromatic rings. The van der Waals surface area contributed by atoms with E-state index in [9.17, 15) is 10.2 Å². The van der Waals surface area contributed by atoms with Crippen LogP contribution in [0.25, 0.3) is 0 Å². The van der Waals surface area contributed by atoms with Gasteiger partial charge in [-0.1, -0.05) is 0 Å². The molecule has 0 aromatic heterocycles. The van der Waals surface area contributed by atoms with Crippen molar-refractivity contribution < 1.29 is 10.2 Å². The van der Waals surface area contributed by atoms with Crippen LogP contribution in [0, 0.1) is 59.2 Å². The van der Waals surface area contributed by atoms with Crippen LogP contribution in [0.1, 0.15) is 32.1 Å². The van der Waals surface area contributed by atoms with Gasteiger partial charge in [-0.3, -0.25) is 0 Å². The maximum atomic E-state index is 9.63. The first-order valence-electron chi connectivity index (χ1n) is 8.53. The largest absolute Gasteiger partial charge is 0.396 e. The zero-order valence-electron chi connectivity index (χ0n) is 11.6. The van der Waals surface area contributed by atoms with E-state index in [4.69, 9.17) is 0 Å². The third kappa shape index (κ3) is 1.26. The Labute approximate surface area is 115 Å². The monoisotopic (exact) mass is 262 g/mol. The Hall–Kier alpha value is -0.0800. The molecular formula is C17H26O2. The van der Waals surface area contributed by atoms with Gasteiger partial charge in [-0.25, -0.2) is 0 Å². The van der Waals surface area contributed by atoms with Crippen molar-refractivity contribution in [2.24, 2.45) is 59.2 Å². The average molecular weight is 262 g/mol. The Morgan fingerprint density at radius 1 is 0.579 bits per heavy atom. The van der Waals surface area contributed by atoms with Crippen LogP contribution in [0.4, 0.5) is 0 Å². The Morgan fingerprint density at radius 3 is 2.05 bits per heavy atom. The third-order valence-electron chi connectivity index (χ3n) is 8.21. The lowest BCUT2D eigenvalue weighted by molar-refractivity contribution is 0.0644. The van der Waals surface area contributed by atoms with Crippen LogP contribution in [-0.4, -0.2) is 23.4 Å². The normalized spacial score (nSPS) is 64.7. The highest BCUT2D eigenvalue weighted by atomic mass is 16.3. The Kier molecular flexibility index (Phi) is 2.29. The van der Waals surface area contributed by atoms with Gasteiger partial charge >= 0.3 is 0 Å². The van der Waals surface area contributed by atoms with Crippen molar-refractivity contribution in [2.45, 2.75) is 32.1 Å². The van der Waals surface area contributed by atoms with Crippen LogP contribution in [-0.2, 0) is 0 Å². The summed E-state index contributed by atoms with van der Waals surface area (Å²) in [6.45, 7) is 0.876. The van der Waals surface area contributed by atoms with Gasteiger partial charge in [-0.2, -0.15) is 0 Å². The van der Waals surface area contributed by atoms with Crippen molar-refractivity contribution in [1.82, 2.24) is 0 Å². The van der Waals surface area contributed by atoms with Crippen molar-refractivity contribution >= 4 is 0 Å². The van der Waals surface area contributed by atoms with E-state index in [1.807, 2.05) is 0 Å². The Morgan fingerprint density at radius 2 is 1.26 bits per heavy atom. The van der Waals surface area contributed by atoms with Gasteiger partial charge in [0.25, 0.3) is 0 Å². The fourth-order valence-electron chi connectivity index (χ4n) is 7.92. The molecule has 106 valence electrons. The van der Waals surface area contributed by atoms with E-state index in [0.29, 0.717) is 25.0 Å². The molecule has 5 aliphatic rings. The molecule has 5 rings (SSSR count). The SMILES string of the molecule is OCC1CC2CC1C1CC3C4CC(CO)C(C4)C3C21. The molecule has 2 N–H and O–H groups in total. The zero-order valence-corrected chi connectivity index (χ0v) is 11.6. The molecule has 10 unspecified atom stereocenters. The fourth-order valence-corrected chi connectivity index (χ4v) is 7.92. The lowest BCUT2D eigenvalue weighted by atomic mass is 9.68. The van der Waals surface area contributed by atoms with Crippen LogP contribution in [0.15, 0.2) is 0 Å². The van der Waals surface area contributed by atoms with E-state index in [1.54, 1.807) is 0 Å². The Balaban J connectivity index is 1.46. The van der Waals surface area contributed by atoms with Gasteiger partial charge in [0.15, 0.2) is 0 Å². The molecule has 19 heavy (non-hydrogen) atoms. The van der Waals surface area contributed by atoms with Gasteiger partial charge in [-0.15, -0.1) is 0 Å². The second-order valence-electron chi connectivity index (χ2n) is 8.39. The van der Waals surface area contributed by atoms with Crippen molar-refractivity contribution in [1.29, 1.82) is 0 Å². The summed E-state index contributed by atoms with van der Waals surface area (Å²) in [5.74, 6) is 8.79. The minimum atomic E-state index is 0.436. The summed E-state index contributed by atoms with van der Waals surface area (Å²) in [4.78, 5) is 0.